The van der Waals surface area contributed by atoms with Gasteiger partial charge in [0.25, 0.3) is 0 Å². The fourth-order valence-corrected chi connectivity index (χ4v) is 14.9. The maximum absolute atomic E-state index is 13.1. The van der Waals surface area contributed by atoms with E-state index in [1.807, 2.05) is 0 Å². The molecule has 0 aromatic carbocycles. The number of aliphatic hydroxyl groups is 1. The predicted octanol–water partition coefficient (Wildman–Crippen LogP) is 26.1. The first-order valence-electron chi connectivity index (χ1n) is 44.4. The number of phosphoric acid groups is 2. The van der Waals surface area contributed by atoms with Crippen LogP contribution in [-0.4, -0.2) is 96.7 Å². The van der Waals surface area contributed by atoms with Gasteiger partial charge in [0.05, 0.1) is 26.4 Å². The van der Waals surface area contributed by atoms with Crippen molar-refractivity contribution in [3.63, 3.8) is 0 Å². The summed E-state index contributed by atoms with van der Waals surface area (Å²) in [6.07, 6.45) is 66.4. The smallest absolute Gasteiger partial charge is 0.462 e. The molecular weight excluding hydrogens is 1370 g/mol. The number of hydrogen-bond donors (Lipinski definition) is 3. The molecule has 17 nitrogen and oxygen atoms in total. The first-order chi connectivity index (χ1) is 50.8. The van der Waals surface area contributed by atoms with Crippen LogP contribution in [0.2, 0.25) is 0 Å². The summed E-state index contributed by atoms with van der Waals surface area (Å²) in [5, 5.41) is 10.7. The standard InChI is InChI=1S/C86H168O17P2/c1-8-11-12-13-14-15-29-39-46-53-60-67-83(88)96-73-81(102-86(91)70-63-56-49-42-35-28-22-20-25-32-38-45-52-59-66-79(7)10-3)75-100-104(92,93)98-71-80(87)72-99-105(94,95)101-76-82(103-85(90)69-62-55-48-41-34-27-18-16-17-23-30-36-43-50-57-64-77(4)5)74-97-84(89)68-61-54-47-40-33-26-21-19-24-31-37-44-51-58-65-78(6)9-2/h77-82,87H,8-76H2,1-7H3,(H,92,93)(H,94,95)/t78?,79?,80-,81+,82+/m0/s1. The molecule has 0 saturated heterocycles. The summed E-state index contributed by atoms with van der Waals surface area (Å²) in [7, 11) is -9.93. The molecule has 0 spiro atoms. The highest BCUT2D eigenvalue weighted by atomic mass is 31.2. The van der Waals surface area contributed by atoms with Crippen LogP contribution in [0, 0.1) is 17.8 Å². The molecule has 0 fully saturated rings. The lowest BCUT2D eigenvalue weighted by molar-refractivity contribution is -0.161. The van der Waals surface area contributed by atoms with Crippen molar-refractivity contribution in [2.45, 2.75) is 471 Å². The zero-order valence-electron chi connectivity index (χ0n) is 69.2. The molecule has 0 aliphatic heterocycles. The minimum absolute atomic E-state index is 0.108. The largest absolute Gasteiger partial charge is 0.472 e. The van der Waals surface area contributed by atoms with Crippen molar-refractivity contribution in [3.8, 4) is 0 Å². The average Bonchev–Trinajstić information content (AvgIpc) is 0.924. The number of aliphatic hydroxyl groups excluding tert-OH is 1. The third-order valence-corrected chi connectivity index (χ3v) is 22.8. The van der Waals surface area contributed by atoms with E-state index >= 15 is 0 Å². The third-order valence-electron chi connectivity index (χ3n) is 20.9. The van der Waals surface area contributed by atoms with Crippen molar-refractivity contribution >= 4 is 39.5 Å². The molecule has 0 heterocycles. The van der Waals surface area contributed by atoms with E-state index in [4.69, 9.17) is 37.0 Å². The highest BCUT2D eigenvalue weighted by Crippen LogP contribution is 2.45. The van der Waals surface area contributed by atoms with Gasteiger partial charge >= 0.3 is 39.5 Å². The molecule has 0 aromatic heterocycles. The van der Waals surface area contributed by atoms with Crippen LogP contribution in [-0.2, 0) is 65.4 Å². The molecule has 0 aromatic rings. The van der Waals surface area contributed by atoms with E-state index in [0.717, 1.165) is 108 Å². The Morgan fingerprint density at radius 1 is 0.276 bits per heavy atom. The quantitative estimate of drug-likeness (QED) is 0.0222. The number of esters is 4. The Hall–Kier alpha value is -1.94. The molecule has 0 aliphatic carbocycles. The fraction of sp³-hybridized carbons (Fsp3) is 0.953. The van der Waals surface area contributed by atoms with Gasteiger partial charge in [-0.1, -0.05) is 402 Å². The van der Waals surface area contributed by atoms with E-state index in [0.29, 0.717) is 25.7 Å². The zero-order chi connectivity index (χ0) is 77.2. The van der Waals surface area contributed by atoms with Crippen LogP contribution in [0.3, 0.4) is 0 Å². The Bertz CT molecular complexity index is 2030. The van der Waals surface area contributed by atoms with E-state index in [1.54, 1.807) is 0 Å². The number of phosphoric ester groups is 2. The minimum atomic E-state index is -4.97. The van der Waals surface area contributed by atoms with E-state index in [-0.39, 0.29) is 25.7 Å². The Labute approximate surface area is 645 Å². The lowest BCUT2D eigenvalue weighted by Gasteiger charge is -2.21. The molecule has 19 heteroatoms. The van der Waals surface area contributed by atoms with Gasteiger partial charge in [-0.3, -0.25) is 37.3 Å². The topological polar surface area (TPSA) is 237 Å². The molecule has 0 bridgehead atoms. The van der Waals surface area contributed by atoms with Crippen molar-refractivity contribution in [2.75, 3.05) is 39.6 Å². The van der Waals surface area contributed by atoms with E-state index in [9.17, 15) is 43.2 Å². The molecule has 624 valence electrons. The summed E-state index contributed by atoms with van der Waals surface area (Å²) in [6.45, 7) is 12.1. The summed E-state index contributed by atoms with van der Waals surface area (Å²) in [5.74, 6) is 0.396. The van der Waals surface area contributed by atoms with E-state index in [1.165, 1.54) is 263 Å². The van der Waals surface area contributed by atoms with Crippen LogP contribution in [0.5, 0.6) is 0 Å². The molecule has 0 amide bonds. The zero-order valence-corrected chi connectivity index (χ0v) is 71.0. The van der Waals surface area contributed by atoms with Crippen molar-refractivity contribution in [1.82, 2.24) is 0 Å². The van der Waals surface area contributed by atoms with Crippen LogP contribution in [0.4, 0.5) is 0 Å². The summed E-state index contributed by atoms with van der Waals surface area (Å²) >= 11 is 0. The maximum atomic E-state index is 13.1. The SMILES string of the molecule is CCCCCCCCCCCCCC(=O)OC[C@H](COP(=O)(O)OC[C@H](O)COP(=O)(O)OC[C@@H](COC(=O)CCCCCCCCCCCCCCCCC(C)CC)OC(=O)CCCCCCCCCCCCCCCCCC(C)C)OC(=O)CCCCCCCCCCCCCCCCC(C)CC. The number of hydrogen-bond acceptors (Lipinski definition) is 15. The van der Waals surface area contributed by atoms with Crippen LogP contribution in [0.1, 0.15) is 453 Å². The first kappa shape index (κ1) is 103. The summed E-state index contributed by atoms with van der Waals surface area (Å²) in [4.78, 5) is 73.2. The van der Waals surface area contributed by atoms with Gasteiger partial charge < -0.3 is 33.8 Å². The van der Waals surface area contributed by atoms with E-state index in [2.05, 4.69) is 48.5 Å². The minimum Gasteiger partial charge on any atom is -0.462 e. The Morgan fingerprint density at radius 3 is 0.724 bits per heavy atom. The molecule has 4 unspecified atom stereocenters. The number of carbonyl (C=O) groups is 4. The summed E-state index contributed by atoms with van der Waals surface area (Å²) < 4.78 is 68.9. The van der Waals surface area contributed by atoms with Crippen LogP contribution >= 0.6 is 15.6 Å². The molecule has 3 N–H and O–H groups in total. The van der Waals surface area contributed by atoms with Crippen molar-refractivity contribution in [3.05, 3.63) is 0 Å². The van der Waals surface area contributed by atoms with E-state index < -0.39 is 97.5 Å². The Kier molecular flexibility index (Phi) is 74.7. The second-order valence-corrected chi connectivity index (χ2v) is 34.8. The predicted molar refractivity (Wildman–Crippen MR) is 432 cm³/mol. The number of unbranched alkanes of at least 4 members (excludes halogenated alkanes) is 50. The highest BCUT2D eigenvalue weighted by Gasteiger charge is 2.30. The van der Waals surface area contributed by atoms with Crippen molar-refractivity contribution in [2.24, 2.45) is 17.8 Å². The van der Waals surface area contributed by atoms with Crippen LogP contribution in [0.25, 0.3) is 0 Å². The Morgan fingerprint density at radius 2 is 0.486 bits per heavy atom. The van der Waals surface area contributed by atoms with Crippen LogP contribution < -0.4 is 0 Å². The summed E-state index contributed by atoms with van der Waals surface area (Å²) in [6, 6.07) is 0. The lowest BCUT2D eigenvalue weighted by Crippen LogP contribution is -2.30. The molecular formula is C86H168O17P2. The second-order valence-electron chi connectivity index (χ2n) is 31.9. The van der Waals surface area contributed by atoms with Crippen LogP contribution in [0.15, 0.2) is 0 Å². The molecule has 0 rings (SSSR count). The van der Waals surface area contributed by atoms with Gasteiger partial charge in [0.15, 0.2) is 12.2 Å². The summed E-state index contributed by atoms with van der Waals surface area (Å²) in [5.41, 5.74) is 0. The van der Waals surface area contributed by atoms with Crippen molar-refractivity contribution < 1.29 is 80.2 Å². The first-order valence-corrected chi connectivity index (χ1v) is 47.4. The normalized spacial score (nSPS) is 14.4. The molecule has 105 heavy (non-hydrogen) atoms. The lowest BCUT2D eigenvalue weighted by atomic mass is 9.99. The fourth-order valence-electron chi connectivity index (χ4n) is 13.3. The van der Waals surface area contributed by atoms with Crippen molar-refractivity contribution in [1.29, 1.82) is 0 Å². The van der Waals surface area contributed by atoms with Gasteiger partial charge in [-0.05, 0) is 43.4 Å². The van der Waals surface area contributed by atoms with Gasteiger partial charge in [-0.25, -0.2) is 9.13 Å². The van der Waals surface area contributed by atoms with Gasteiger partial charge in [0.1, 0.15) is 19.3 Å². The number of rotatable bonds is 84. The highest BCUT2D eigenvalue weighted by molar-refractivity contribution is 7.47. The van der Waals surface area contributed by atoms with Gasteiger partial charge in [-0.2, -0.15) is 0 Å². The van der Waals surface area contributed by atoms with Gasteiger partial charge in [0, 0.05) is 25.7 Å². The number of carbonyl (C=O) groups excluding carboxylic acids is 4. The maximum Gasteiger partial charge on any atom is 0.472 e. The Balaban J connectivity index is 5.26. The molecule has 0 saturated carbocycles. The molecule has 0 radical (unpaired) electrons. The van der Waals surface area contributed by atoms with Gasteiger partial charge in [0.2, 0.25) is 0 Å². The van der Waals surface area contributed by atoms with Gasteiger partial charge in [-0.15, -0.1) is 0 Å². The monoisotopic (exact) mass is 1540 g/mol. The number of ether oxygens (including phenoxy) is 4. The average molecular weight is 1540 g/mol. The molecule has 7 atom stereocenters. The second kappa shape index (κ2) is 76.1. The third kappa shape index (κ3) is 77.2. The molecule has 0 aliphatic rings.